The van der Waals surface area contributed by atoms with Crippen molar-refractivity contribution in [2.45, 2.75) is 64.4 Å². The molecule has 0 unspecified atom stereocenters. The van der Waals surface area contributed by atoms with Gasteiger partial charge >= 0.3 is 0 Å². The highest BCUT2D eigenvalue weighted by atomic mass is 16.5. The van der Waals surface area contributed by atoms with Crippen LogP contribution in [0.15, 0.2) is 61.2 Å². The second kappa shape index (κ2) is 10.5. The lowest BCUT2D eigenvalue weighted by Crippen LogP contribution is -2.11. The van der Waals surface area contributed by atoms with Crippen LogP contribution >= 0.6 is 0 Å². The predicted molar refractivity (Wildman–Crippen MR) is 116 cm³/mol. The Hall–Kier alpha value is -1.86. The van der Waals surface area contributed by atoms with Gasteiger partial charge in [-0.3, -0.25) is 0 Å². The highest BCUT2D eigenvalue weighted by molar-refractivity contribution is 5.64. The van der Waals surface area contributed by atoms with E-state index < -0.39 is 0 Å². The molecule has 0 radical (unpaired) electrons. The minimum absolute atomic E-state index is 0.719. The van der Waals surface area contributed by atoms with Crippen molar-refractivity contribution < 1.29 is 4.74 Å². The number of benzene rings is 2. The summed E-state index contributed by atoms with van der Waals surface area (Å²) in [5, 5.41) is 0. The lowest BCUT2D eigenvalue weighted by atomic mass is 9.78. The Kier molecular flexibility index (Phi) is 7.71. The maximum absolute atomic E-state index is 5.76. The van der Waals surface area contributed by atoms with Crippen molar-refractivity contribution in [2.75, 3.05) is 6.61 Å². The average molecular weight is 363 g/mol. The monoisotopic (exact) mass is 362 g/mol. The Morgan fingerprint density at radius 2 is 1.52 bits per heavy atom. The zero-order valence-corrected chi connectivity index (χ0v) is 16.8. The molecule has 1 saturated carbocycles. The number of ether oxygens (including phenoxy) is 1. The molecule has 3 rings (SSSR count). The molecule has 0 N–H and O–H groups in total. The first kappa shape index (κ1) is 19.9. The molecular formula is C26H34O. The van der Waals surface area contributed by atoms with Crippen LogP contribution in [-0.2, 0) is 11.3 Å². The molecule has 27 heavy (non-hydrogen) atoms. The molecule has 0 heterocycles. The SMILES string of the molecule is C=C[C@H]1CC[C@H](c2ccc(-c3ccc(COCCCCC)cc3)cc2)CC1. The molecular weight excluding hydrogens is 328 g/mol. The molecule has 2 aromatic carbocycles. The van der Waals surface area contributed by atoms with Gasteiger partial charge in [0.1, 0.15) is 0 Å². The molecule has 144 valence electrons. The van der Waals surface area contributed by atoms with Crippen LogP contribution in [0.25, 0.3) is 11.1 Å². The van der Waals surface area contributed by atoms with Crippen molar-refractivity contribution >= 4 is 0 Å². The second-order valence-corrected chi connectivity index (χ2v) is 7.93. The quantitative estimate of drug-likeness (QED) is 0.331. The third-order valence-electron chi connectivity index (χ3n) is 5.94. The number of unbranched alkanes of at least 4 members (excludes halogenated alkanes) is 2. The number of allylic oxidation sites excluding steroid dienone is 1. The van der Waals surface area contributed by atoms with Gasteiger partial charge in [-0.15, -0.1) is 6.58 Å². The van der Waals surface area contributed by atoms with E-state index in [9.17, 15) is 0 Å². The minimum Gasteiger partial charge on any atom is -0.377 e. The zero-order valence-electron chi connectivity index (χ0n) is 16.8. The van der Waals surface area contributed by atoms with Crippen molar-refractivity contribution in [3.8, 4) is 11.1 Å². The van der Waals surface area contributed by atoms with E-state index >= 15 is 0 Å². The van der Waals surface area contributed by atoms with Crippen LogP contribution in [0.5, 0.6) is 0 Å². The van der Waals surface area contributed by atoms with Crippen LogP contribution in [0, 0.1) is 5.92 Å². The van der Waals surface area contributed by atoms with Crippen molar-refractivity contribution in [1.82, 2.24) is 0 Å². The molecule has 0 atom stereocenters. The fourth-order valence-electron chi connectivity index (χ4n) is 4.07. The van der Waals surface area contributed by atoms with Crippen LogP contribution in [0.4, 0.5) is 0 Å². The topological polar surface area (TPSA) is 9.23 Å². The predicted octanol–water partition coefficient (Wildman–Crippen LogP) is 7.52. The van der Waals surface area contributed by atoms with Crippen LogP contribution in [0.2, 0.25) is 0 Å². The molecule has 2 aromatic rings. The fourth-order valence-corrected chi connectivity index (χ4v) is 4.07. The Morgan fingerprint density at radius 1 is 0.889 bits per heavy atom. The first-order valence-corrected chi connectivity index (χ1v) is 10.7. The molecule has 0 spiro atoms. The third-order valence-corrected chi connectivity index (χ3v) is 5.94. The molecule has 1 heteroatoms. The van der Waals surface area contributed by atoms with Crippen molar-refractivity contribution in [1.29, 1.82) is 0 Å². The molecule has 1 fully saturated rings. The average Bonchev–Trinajstić information content (AvgIpc) is 2.74. The normalized spacial score (nSPS) is 19.7. The van der Waals surface area contributed by atoms with Gasteiger partial charge in [0, 0.05) is 6.61 Å². The highest BCUT2D eigenvalue weighted by Crippen LogP contribution is 2.36. The van der Waals surface area contributed by atoms with E-state index in [4.69, 9.17) is 4.74 Å². The molecule has 1 nitrogen and oxygen atoms in total. The Bertz CT molecular complexity index is 675. The van der Waals surface area contributed by atoms with Gasteiger partial charge in [0.15, 0.2) is 0 Å². The van der Waals surface area contributed by atoms with Gasteiger partial charge in [-0.05, 0) is 66.2 Å². The lowest BCUT2D eigenvalue weighted by Gasteiger charge is -2.27. The number of hydrogen-bond acceptors (Lipinski definition) is 1. The van der Waals surface area contributed by atoms with Gasteiger partial charge in [-0.2, -0.15) is 0 Å². The molecule has 0 aliphatic heterocycles. The number of hydrogen-bond donors (Lipinski definition) is 0. The van der Waals surface area contributed by atoms with Crippen LogP contribution in [-0.4, -0.2) is 6.61 Å². The fraction of sp³-hybridized carbons (Fsp3) is 0.462. The Labute approximate surface area is 165 Å². The smallest absolute Gasteiger partial charge is 0.0716 e. The van der Waals surface area contributed by atoms with E-state index in [-0.39, 0.29) is 0 Å². The molecule has 0 bridgehead atoms. The maximum atomic E-state index is 5.76. The summed E-state index contributed by atoms with van der Waals surface area (Å²) in [7, 11) is 0. The summed E-state index contributed by atoms with van der Waals surface area (Å²) in [6.07, 6.45) is 11.0. The van der Waals surface area contributed by atoms with Gasteiger partial charge in [0.2, 0.25) is 0 Å². The summed E-state index contributed by atoms with van der Waals surface area (Å²) >= 11 is 0. The first-order chi connectivity index (χ1) is 13.3. The Morgan fingerprint density at radius 3 is 2.11 bits per heavy atom. The van der Waals surface area contributed by atoms with Gasteiger partial charge in [-0.25, -0.2) is 0 Å². The summed E-state index contributed by atoms with van der Waals surface area (Å²) in [6.45, 7) is 7.76. The third kappa shape index (κ3) is 5.81. The largest absolute Gasteiger partial charge is 0.377 e. The van der Waals surface area contributed by atoms with Crippen molar-refractivity contribution in [3.63, 3.8) is 0 Å². The van der Waals surface area contributed by atoms with E-state index in [1.54, 1.807) is 0 Å². The van der Waals surface area contributed by atoms with E-state index in [2.05, 4.69) is 68.1 Å². The second-order valence-electron chi connectivity index (χ2n) is 7.93. The van der Waals surface area contributed by atoms with Crippen LogP contribution in [0.1, 0.15) is 68.9 Å². The van der Waals surface area contributed by atoms with Gasteiger partial charge in [0.25, 0.3) is 0 Å². The van der Waals surface area contributed by atoms with E-state index in [0.29, 0.717) is 0 Å². The maximum Gasteiger partial charge on any atom is 0.0716 e. The van der Waals surface area contributed by atoms with E-state index in [0.717, 1.165) is 31.5 Å². The summed E-state index contributed by atoms with van der Waals surface area (Å²) < 4.78 is 5.76. The highest BCUT2D eigenvalue weighted by Gasteiger charge is 2.20. The minimum atomic E-state index is 0.719. The molecule has 0 amide bonds. The van der Waals surface area contributed by atoms with E-state index in [1.165, 1.54) is 60.8 Å². The van der Waals surface area contributed by atoms with Crippen molar-refractivity contribution in [2.24, 2.45) is 5.92 Å². The number of rotatable bonds is 9. The summed E-state index contributed by atoms with van der Waals surface area (Å²) in [5.41, 5.74) is 5.34. The van der Waals surface area contributed by atoms with E-state index in [1.807, 2.05) is 0 Å². The van der Waals surface area contributed by atoms with Gasteiger partial charge < -0.3 is 4.74 Å². The first-order valence-electron chi connectivity index (χ1n) is 10.7. The van der Waals surface area contributed by atoms with Crippen molar-refractivity contribution in [3.05, 3.63) is 72.3 Å². The summed E-state index contributed by atoms with van der Waals surface area (Å²) in [6, 6.07) is 18.1. The molecule has 0 aromatic heterocycles. The molecule has 1 aliphatic carbocycles. The van der Waals surface area contributed by atoms with Gasteiger partial charge in [0.05, 0.1) is 6.61 Å². The molecule has 0 saturated heterocycles. The molecule has 1 aliphatic rings. The lowest BCUT2D eigenvalue weighted by molar-refractivity contribution is 0.117. The summed E-state index contributed by atoms with van der Waals surface area (Å²) in [5.74, 6) is 1.46. The Balaban J connectivity index is 1.53. The van der Waals surface area contributed by atoms with Gasteiger partial charge in [-0.1, -0.05) is 74.4 Å². The standard InChI is InChI=1S/C26H34O/c1-3-5-6-19-27-20-22-9-13-24(14-10-22)26-17-15-25(16-18-26)23-11-7-21(4-2)8-12-23/h4,9-10,13-18,21,23H,2-3,5-8,11-12,19-20H2,1H3/t21-,23-. The van der Waals surface area contributed by atoms with Crippen LogP contribution < -0.4 is 0 Å². The van der Waals surface area contributed by atoms with Crippen LogP contribution in [0.3, 0.4) is 0 Å². The summed E-state index contributed by atoms with van der Waals surface area (Å²) in [4.78, 5) is 0. The zero-order chi connectivity index (χ0) is 18.9.